The summed E-state index contributed by atoms with van der Waals surface area (Å²) in [6.07, 6.45) is 9.17. The zero-order valence-electron chi connectivity index (χ0n) is 14.4. The van der Waals surface area contributed by atoms with Gasteiger partial charge in [0.15, 0.2) is 5.82 Å². The Bertz CT molecular complexity index is 838. The van der Waals surface area contributed by atoms with Gasteiger partial charge in [0.1, 0.15) is 0 Å². The predicted molar refractivity (Wildman–Crippen MR) is 92.9 cm³/mol. The monoisotopic (exact) mass is 352 g/mol. The number of aryl methyl sites for hydroxylation is 1. The Morgan fingerprint density at radius 1 is 1.19 bits per heavy atom. The van der Waals surface area contributed by atoms with Crippen molar-refractivity contribution in [3.05, 3.63) is 48.8 Å². The molecule has 0 atom stereocenters. The molecule has 134 valence electrons. The van der Waals surface area contributed by atoms with Gasteiger partial charge in [-0.3, -0.25) is 14.5 Å². The van der Waals surface area contributed by atoms with Crippen LogP contribution in [0.4, 0.5) is 0 Å². The Morgan fingerprint density at radius 3 is 2.73 bits per heavy atom. The van der Waals surface area contributed by atoms with Crippen LogP contribution in [0.3, 0.4) is 0 Å². The van der Waals surface area contributed by atoms with Crippen molar-refractivity contribution in [1.82, 2.24) is 29.8 Å². The maximum absolute atomic E-state index is 12.4. The summed E-state index contributed by atoms with van der Waals surface area (Å²) in [5.74, 6) is 1.63. The third-order valence-electron chi connectivity index (χ3n) is 4.70. The largest absolute Gasteiger partial charge is 0.343 e. The topological polar surface area (TPSA) is 89.9 Å². The molecular weight excluding hydrogens is 332 g/mol. The Balaban J connectivity index is 1.31. The lowest BCUT2D eigenvalue weighted by molar-refractivity contribution is -0.132. The number of nitrogens with zero attached hydrogens (tertiary/aromatic N) is 6. The van der Waals surface area contributed by atoms with Crippen LogP contribution in [0.15, 0.2) is 47.5 Å². The number of rotatable bonds is 5. The second kappa shape index (κ2) is 7.47. The molecule has 1 aliphatic heterocycles. The molecule has 1 aliphatic rings. The summed E-state index contributed by atoms with van der Waals surface area (Å²) in [5.41, 5.74) is 0.866. The molecule has 4 rings (SSSR count). The van der Waals surface area contributed by atoms with Gasteiger partial charge in [-0.2, -0.15) is 10.1 Å². The fraction of sp³-hybridized carbons (Fsp3) is 0.389. The van der Waals surface area contributed by atoms with Gasteiger partial charge in [-0.25, -0.2) is 0 Å². The molecule has 0 aromatic carbocycles. The molecule has 0 bridgehead atoms. The fourth-order valence-electron chi connectivity index (χ4n) is 3.20. The molecule has 0 unspecified atom stereocenters. The molecule has 0 saturated carbocycles. The first-order chi connectivity index (χ1) is 12.8. The third kappa shape index (κ3) is 3.63. The van der Waals surface area contributed by atoms with Crippen molar-refractivity contribution in [3.63, 3.8) is 0 Å². The van der Waals surface area contributed by atoms with Crippen LogP contribution in [0.5, 0.6) is 0 Å². The normalized spacial score (nSPS) is 15.3. The van der Waals surface area contributed by atoms with Crippen LogP contribution in [0, 0.1) is 0 Å². The van der Waals surface area contributed by atoms with Gasteiger partial charge in [-0.05, 0) is 31.0 Å². The SMILES string of the molecule is O=C(CCn1cccn1)N1CCC(c2noc(-c3ccncc3)n2)CC1. The number of carbonyl (C=O) groups excluding carboxylic acids is 1. The number of pyridine rings is 1. The van der Waals surface area contributed by atoms with E-state index in [-0.39, 0.29) is 11.8 Å². The molecule has 3 aromatic heterocycles. The van der Waals surface area contributed by atoms with Crippen molar-refractivity contribution in [3.8, 4) is 11.5 Å². The number of aromatic nitrogens is 5. The molecule has 0 aliphatic carbocycles. The van der Waals surface area contributed by atoms with E-state index in [0.717, 1.165) is 37.3 Å². The highest BCUT2D eigenvalue weighted by Gasteiger charge is 2.27. The van der Waals surface area contributed by atoms with Gasteiger partial charge in [0.25, 0.3) is 5.89 Å². The first kappa shape index (κ1) is 16.4. The fourth-order valence-corrected chi connectivity index (χ4v) is 3.20. The minimum Gasteiger partial charge on any atom is -0.343 e. The number of likely N-dealkylation sites (tertiary alicyclic amines) is 1. The van der Waals surface area contributed by atoms with E-state index in [1.54, 1.807) is 23.3 Å². The highest BCUT2D eigenvalue weighted by atomic mass is 16.5. The summed E-state index contributed by atoms with van der Waals surface area (Å²) >= 11 is 0. The van der Waals surface area contributed by atoms with E-state index in [4.69, 9.17) is 4.52 Å². The zero-order chi connectivity index (χ0) is 17.8. The molecule has 0 spiro atoms. The number of carbonyl (C=O) groups is 1. The van der Waals surface area contributed by atoms with Crippen LogP contribution in [-0.2, 0) is 11.3 Å². The lowest BCUT2D eigenvalue weighted by Crippen LogP contribution is -2.38. The maximum atomic E-state index is 12.4. The maximum Gasteiger partial charge on any atom is 0.258 e. The van der Waals surface area contributed by atoms with Crippen LogP contribution in [0.1, 0.15) is 31.0 Å². The molecule has 8 nitrogen and oxygen atoms in total. The Hall–Kier alpha value is -3.03. The van der Waals surface area contributed by atoms with E-state index in [1.165, 1.54) is 0 Å². The molecule has 1 saturated heterocycles. The first-order valence-corrected chi connectivity index (χ1v) is 8.79. The van der Waals surface area contributed by atoms with Crippen LogP contribution in [-0.4, -0.2) is 48.8 Å². The van der Waals surface area contributed by atoms with Crippen LogP contribution >= 0.6 is 0 Å². The molecule has 8 heteroatoms. The Kier molecular flexibility index (Phi) is 4.72. The van der Waals surface area contributed by atoms with E-state index >= 15 is 0 Å². The van der Waals surface area contributed by atoms with Crippen LogP contribution < -0.4 is 0 Å². The molecule has 1 amide bonds. The number of amides is 1. The second-order valence-electron chi connectivity index (χ2n) is 6.37. The van der Waals surface area contributed by atoms with Crippen molar-refractivity contribution in [2.45, 2.75) is 31.7 Å². The van der Waals surface area contributed by atoms with E-state index in [9.17, 15) is 4.79 Å². The van der Waals surface area contributed by atoms with Crippen molar-refractivity contribution < 1.29 is 9.32 Å². The van der Waals surface area contributed by atoms with Gasteiger partial charge < -0.3 is 9.42 Å². The van der Waals surface area contributed by atoms with Gasteiger partial charge in [0, 0.05) is 62.3 Å². The standard InChI is InChI=1S/C18H20N6O2/c25-16(6-13-24-10-1-7-20-24)23-11-4-14(5-12-23)17-21-18(26-22-17)15-2-8-19-9-3-15/h1-3,7-10,14H,4-6,11-13H2. The number of piperidine rings is 1. The highest BCUT2D eigenvalue weighted by Crippen LogP contribution is 2.28. The van der Waals surface area contributed by atoms with Crippen molar-refractivity contribution in [2.75, 3.05) is 13.1 Å². The van der Waals surface area contributed by atoms with Crippen LogP contribution in [0.25, 0.3) is 11.5 Å². The van der Waals surface area contributed by atoms with Gasteiger partial charge >= 0.3 is 0 Å². The van der Waals surface area contributed by atoms with Crippen LogP contribution in [0.2, 0.25) is 0 Å². The summed E-state index contributed by atoms with van der Waals surface area (Å²) in [7, 11) is 0. The first-order valence-electron chi connectivity index (χ1n) is 8.79. The molecule has 3 aromatic rings. The van der Waals surface area contributed by atoms with Gasteiger partial charge in [0.2, 0.25) is 5.91 Å². The summed E-state index contributed by atoms with van der Waals surface area (Å²) < 4.78 is 7.16. The minimum atomic E-state index is 0.171. The predicted octanol–water partition coefficient (Wildman–Crippen LogP) is 2.12. The summed E-state index contributed by atoms with van der Waals surface area (Å²) in [5, 5.41) is 8.26. The molecule has 4 heterocycles. The molecule has 26 heavy (non-hydrogen) atoms. The Morgan fingerprint density at radius 2 is 2.00 bits per heavy atom. The smallest absolute Gasteiger partial charge is 0.258 e. The van der Waals surface area contributed by atoms with Gasteiger partial charge in [0.05, 0.1) is 0 Å². The molecular formula is C18H20N6O2. The molecule has 0 radical (unpaired) electrons. The third-order valence-corrected chi connectivity index (χ3v) is 4.70. The molecule has 1 fully saturated rings. The highest BCUT2D eigenvalue weighted by molar-refractivity contribution is 5.76. The summed E-state index contributed by atoms with van der Waals surface area (Å²) in [6.45, 7) is 2.06. The lowest BCUT2D eigenvalue weighted by Gasteiger charge is -2.30. The molecule has 0 N–H and O–H groups in total. The summed E-state index contributed by atoms with van der Waals surface area (Å²) in [4.78, 5) is 22.8. The average Bonchev–Trinajstić information content (AvgIpc) is 3.39. The van der Waals surface area contributed by atoms with Crippen molar-refractivity contribution in [1.29, 1.82) is 0 Å². The van der Waals surface area contributed by atoms with Crippen molar-refractivity contribution in [2.24, 2.45) is 0 Å². The van der Waals surface area contributed by atoms with Gasteiger partial charge in [-0.15, -0.1) is 0 Å². The average molecular weight is 352 g/mol. The van der Waals surface area contributed by atoms with E-state index < -0.39 is 0 Å². The second-order valence-corrected chi connectivity index (χ2v) is 6.37. The Labute approximate surface area is 150 Å². The lowest BCUT2D eigenvalue weighted by atomic mass is 9.96. The minimum absolute atomic E-state index is 0.171. The van der Waals surface area contributed by atoms with E-state index in [0.29, 0.717) is 18.9 Å². The zero-order valence-corrected chi connectivity index (χ0v) is 14.4. The number of hydrogen-bond donors (Lipinski definition) is 0. The van der Waals surface area contributed by atoms with Crippen molar-refractivity contribution >= 4 is 5.91 Å². The summed E-state index contributed by atoms with van der Waals surface area (Å²) in [6, 6.07) is 5.55. The number of hydrogen-bond acceptors (Lipinski definition) is 6. The van der Waals surface area contributed by atoms with E-state index in [2.05, 4.69) is 20.2 Å². The van der Waals surface area contributed by atoms with E-state index in [1.807, 2.05) is 29.3 Å². The quantitative estimate of drug-likeness (QED) is 0.699. The van der Waals surface area contributed by atoms with Gasteiger partial charge in [-0.1, -0.05) is 5.16 Å².